The highest BCUT2D eigenvalue weighted by molar-refractivity contribution is 7.16. The SMILES string of the molecule is N#Cc1c(NC(=O)[C@@H]2CC=CC[C@H]2C(=O)O)sc2c1CCC2. The molecule has 1 aromatic heterocycles. The van der Waals surface area contributed by atoms with E-state index in [-0.39, 0.29) is 5.91 Å². The number of carbonyl (C=O) groups is 2. The van der Waals surface area contributed by atoms with E-state index in [9.17, 15) is 20.0 Å². The van der Waals surface area contributed by atoms with Crippen molar-refractivity contribution in [1.82, 2.24) is 0 Å². The number of carboxylic acids is 1. The molecule has 0 aliphatic heterocycles. The van der Waals surface area contributed by atoms with Gasteiger partial charge in [-0.25, -0.2) is 0 Å². The molecule has 5 nitrogen and oxygen atoms in total. The molecule has 2 N–H and O–H groups in total. The number of fused-ring (bicyclic) bond motifs is 1. The summed E-state index contributed by atoms with van der Waals surface area (Å²) in [5.74, 6) is -2.51. The standard InChI is InChI=1S/C16H16N2O3S/c17-8-12-9-6-3-7-13(9)22-15(12)18-14(19)10-4-1-2-5-11(10)16(20)21/h1-2,10-11H,3-7H2,(H,18,19)(H,20,21)/t10-,11-/m1/s1. The number of nitriles is 1. The monoisotopic (exact) mass is 316 g/mol. The van der Waals surface area contributed by atoms with Gasteiger partial charge in [0.1, 0.15) is 11.1 Å². The predicted molar refractivity (Wildman–Crippen MR) is 82.7 cm³/mol. The van der Waals surface area contributed by atoms with Crippen LogP contribution in [0.15, 0.2) is 12.2 Å². The summed E-state index contributed by atoms with van der Waals surface area (Å²) in [6.45, 7) is 0. The summed E-state index contributed by atoms with van der Waals surface area (Å²) in [6, 6.07) is 2.18. The highest BCUT2D eigenvalue weighted by atomic mass is 32.1. The molecule has 0 bridgehead atoms. The fourth-order valence-corrected chi connectivity index (χ4v) is 4.43. The largest absolute Gasteiger partial charge is 0.481 e. The lowest BCUT2D eigenvalue weighted by atomic mass is 9.82. The van der Waals surface area contributed by atoms with Gasteiger partial charge in [-0.15, -0.1) is 11.3 Å². The first-order valence-corrected chi connectivity index (χ1v) is 8.16. The highest BCUT2D eigenvalue weighted by Crippen LogP contribution is 2.39. The number of rotatable bonds is 3. The zero-order valence-electron chi connectivity index (χ0n) is 12.0. The van der Waals surface area contributed by atoms with Crippen LogP contribution in [0.1, 0.15) is 35.3 Å². The molecule has 0 unspecified atom stereocenters. The molecule has 22 heavy (non-hydrogen) atoms. The Bertz CT molecular complexity index is 699. The van der Waals surface area contributed by atoms with Gasteiger partial charge in [-0.1, -0.05) is 12.2 Å². The second kappa shape index (κ2) is 5.93. The van der Waals surface area contributed by atoms with Crippen LogP contribution < -0.4 is 5.32 Å². The minimum absolute atomic E-state index is 0.298. The Morgan fingerprint density at radius 3 is 2.68 bits per heavy atom. The summed E-state index contributed by atoms with van der Waals surface area (Å²) < 4.78 is 0. The third-order valence-corrected chi connectivity index (χ3v) is 5.56. The lowest BCUT2D eigenvalue weighted by Crippen LogP contribution is -2.34. The van der Waals surface area contributed by atoms with Crippen molar-refractivity contribution in [2.24, 2.45) is 11.8 Å². The van der Waals surface area contributed by atoms with E-state index < -0.39 is 17.8 Å². The number of nitrogens with one attached hydrogen (secondary N) is 1. The van der Waals surface area contributed by atoms with Gasteiger partial charge in [0.2, 0.25) is 5.91 Å². The molecular formula is C16H16N2O3S. The lowest BCUT2D eigenvalue weighted by molar-refractivity contribution is -0.146. The Balaban J connectivity index is 1.81. The molecule has 0 aromatic carbocycles. The number of carbonyl (C=O) groups excluding carboxylic acids is 1. The summed E-state index contributed by atoms with van der Waals surface area (Å²) in [6.07, 6.45) is 7.35. The Labute approximate surface area is 132 Å². The third-order valence-electron chi connectivity index (χ3n) is 4.36. The van der Waals surface area contributed by atoms with Crippen LogP contribution in [0.5, 0.6) is 0 Å². The van der Waals surface area contributed by atoms with Gasteiger partial charge in [0.25, 0.3) is 0 Å². The highest BCUT2D eigenvalue weighted by Gasteiger charge is 2.35. The summed E-state index contributed by atoms with van der Waals surface area (Å²) >= 11 is 1.46. The van der Waals surface area contributed by atoms with Crippen molar-refractivity contribution in [3.63, 3.8) is 0 Å². The maximum atomic E-state index is 12.5. The topological polar surface area (TPSA) is 90.2 Å². The van der Waals surface area contributed by atoms with Crippen molar-refractivity contribution >= 4 is 28.2 Å². The van der Waals surface area contributed by atoms with Gasteiger partial charge >= 0.3 is 5.97 Å². The van der Waals surface area contributed by atoms with Gasteiger partial charge in [0.15, 0.2) is 0 Å². The van der Waals surface area contributed by atoms with E-state index in [1.807, 2.05) is 12.2 Å². The maximum Gasteiger partial charge on any atom is 0.307 e. The number of nitrogens with zero attached hydrogens (tertiary/aromatic N) is 1. The summed E-state index contributed by atoms with van der Waals surface area (Å²) in [4.78, 5) is 24.9. The van der Waals surface area contributed by atoms with Crippen molar-refractivity contribution in [1.29, 1.82) is 5.26 Å². The number of amides is 1. The first-order chi connectivity index (χ1) is 10.6. The molecule has 0 spiro atoms. The van der Waals surface area contributed by atoms with Crippen LogP contribution in [0, 0.1) is 23.2 Å². The van der Waals surface area contributed by atoms with Crippen LogP contribution in [0.2, 0.25) is 0 Å². The predicted octanol–water partition coefficient (Wildman–Crippen LogP) is 2.71. The lowest BCUT2D eigenvalue weighted by Gasteiger charge is -2.24. The molecule has 2 atom stereocenters. The second-order valence-corrected chi connectivity index (χ2v) is 6.76. The molecule has 2 aliphatic carbocycles. The van der Waals surface area contributed by atoms with E-state index in [1.54, 1.807) is 0 Å². The average Bonchev–Trinajstić information content (AvgIpc) is 3.07. The van der Waals surface area contributed by atoms with E-state index in [0.29, 0.717) is 23.4 Å². The van der Waals surface area contributed by atoms with E-state index in [1.165, 1.54) is 16.2 Å². The Hall–Kier alpha value is -2.13. The molecule has 1 aromatic rings. The molecule has 0 saturated carbocycles. The number of carboxylic acid groups (broad SMARTS) is 1. The van der Waals surface area contributed by atoms with E-state index in [0.717, 1.165) is 24.8 Å². The molecule has 3 rings (SSSR count). The molecule has 2 aliphatic rings. The Morgan fingerprint density at radius 2 is 2.00 bits per heavy atom. The summed E-state index contributed by atoms with van der Waals surface area (Å²) in [5, 5.41) is 22.0. The second-order valence-electron chi connectivity index (χ2n) is 5.66. The van der Waals surface area contributed by atoms with Gasteiger partial charge in [0.05, 0.1) is 17.4 Å². The van der Waals surface area contributed by atoms with Crippen molar-refractivity contribution in [2.45, 2.75) is 32.1 Å². The number of allylic oxidation sites excluding steroid dienone is 2. The Kier molecular flexibility index (Phi) is 3.99. The van der Waals surface area contributed by atoms with Gasteiger partial charge in [-0.05, 0) is 37.7 Å². The first kappa shape index (κ1) is 14.8. The van der Waals surface area contributed by atoms with Crippen LogP contribution >= 0.6 is 11.3 Å². The molecule has 0 radical (unpaired) electrons. The normalized spacial score (nSPS) is 22.9. The molecule has 1 heterocycles. The first-order valence-electron chi connectivity index (χ1n) is 7.35. The molecular weight excluding hydrogens is 300 g/mol. The molecule has 114 valence electrons. The minimum atomic E-state index is -0.946. The van der Waals surface area contributed by atoms with E-state index in [4.69, 9.17) is 0 Å². The van der Waals surface area contributed by atoms with Crippen molar-refractivity contribution < 1.29 is 14.7 Å². The van der Waals surface area contributed by atoms with Crippen LogP contribution in [-0.4, -0.2) is 17.0 Å². The van der Waals surface area contributed by atoms with Crippen molar-refractivity contribution in [3.05, 3.63) is 28.2 Å². The van der Waals surface area contributed by atoms with Gasteiger partial charge in [-0.3, -0.25) is 9.59 Å². The number of aryl methyl sites for hydroxylation is 1. The molecule has 0 fully saturated rings. The van der Waals surface area contributed by atoms with Crippen LogP contribution in [0.4, 0.5) is 5.00 Å². The fourth-order valence-electron chi connectivity index (χ4n) is 3.19. The number of hydrogen-bond donors (Lipinski definition) is 2. The van der Waals surface area contributed by atoms with Gasteiger partial charge < -0.3 is 10.4 Å². The number of anilines is 1. The van der Waals surface area contributed by atoms with Crippen LogP contribution in [0.3, 0.4) is 0 Å². The zero-order chi connectivity index (χ0) is 15.7. The average molecular weight is 316 g/mol. The minimum Gasteiger partial charge on any atom is -0.481 e. The van der Waals surface area contributed by atoms with Crippen LogP contribution in [0.25, 0.3) is 0 Å². The maximum absolute atomic E-state index is 12.5. The van der Waals surface area contributed by atoms with Gasteiger partial charge in [-0.2, -0.15) is 5.26 Å². The molecule has 1 amide bonds. The van der Waals surface area contributed by atoms with E-state index in [2.05, 4.69) is 11.4 Å². The number of aliphatic carboxylic acids is 1. The van der Waals surface area contributed by atoms with E-state index >= 15 is 0 Å². The fraction of sp³-hybridized carbons (Fsp3) is 0.438. The summed E-state index contributed by atoms with van der Waals surface area (Å²) in [5.41, 5.74) is 1.62. The smallest absolute Gasteiger partial charge is 0.307 e. The quantitative estimate of drug-likeness (QED) is 0.839. The van der Waals surface area contributed by atoms with Gasteiger partial charge in [0, 0.05) is 4.88 Å². The molecule has 6 heteroatoms. The van der Waals surface area contributed by atoms with Crippen LogP contribution in [-0.2, 0) is 22.4 Å². The Morgan fingerprint density at radius 1 is 1.27 bits per heavy atom. The van der Waals surface area contributed by atoms with Crippen molar-refractivity contribution in [3.8, 4) is 6.07 Å². The number of hydrogen-bond acceptors (Lipinski definition) is 4. The zero-order valence-corrected chi connectivity index (χ0v) is 12.8. The summed E-state index contributed by atoms with van der Waals surface area (Å²) in [7, 11) is 0. The third kappa shape index (κ3) is 2.53. The number of thiophene rings is 1. The molecule has 0 saturated heterocycles. The van der Waals surface area contributed by atoms with Crippen molar-refractivity contribution in [2.75, 3.05) is 5.32 Å².